The fourth-order valence-corrected chi connectivity index (χ4v) is 3.80. The molecule has 1 saturated heterocycles. The zero-order chi connectivity index (χ0) is 22.9. The van der Waals surface area contributed by atoms with Crippen LogP contribution in [0.25, 0.3) is 6.08 Å². The lowest BCUT2D eigenvalue weighted by atomic mass is 9.90. The zero-order valence-electron chi connectivity index (χ0n) is 18.7. The van der Waals surface area contributed by atoms with Crippen LogP contribution in [0.1, 0.15) is 24.0 Å². The number of esters is 1. The second-order valence-corrected chi connectivity index (χ2v) is 8.25. The summed E-state index contributed by atoms with van der Waals surface area (Å²) in [7, 11) is 3.87. The van der Waals surface area contributed by atoms with Crippen LogP contribution in [0.15, 0.2) is 60.2 Å². The van der Waals surface area contributed by atoms with Crippen molar-refractivity contribution in [3.05, 3.63) is 71.3 Å². The molecule has 0 aliphatic carbocycles. The van der Waals surface area contributed by atoms with E-state index in [1.165, 1.54) is 11.6 Å². The number of likely N-dealkylation sites (tertiary alicyclic amines) is 1. The highest BCUT2D eigenvalue weighted by atomic mass is 16.5. The van der Waals surface area contributed by atoms with Gasteiger partial charge in [-0.15, -0.1) is 0 Å². The average Bonchev–Trinajstić information content (AvgIpc) is 2.82. The van der Waals surface area contributed by atoms with Gasteiger partial charge < -0.3 is 14.5 Å². The van der Waals surface area contributed by atoms with Crippen molar-refractivity contribution in [3.63, 3.8) is 0 Å². The lowest BCUT2D eigenvalue weighted by Gasteiger charge is -2.32. The van der Waals surface area contributed by atoms with E-state index < -0.39 is 5.97 Å². The molecule has 0 bridgehead atoms. The van der Waals surface area contributed by atoms with E-state index in [0.29, 0.717) is 19.0 Å². The summed E-state index contributed by atoms with van der Waals surface area (Å²) < 4.78 is 5.14. The molecule has 32 heavy (non-hydrogen) atoms. The number of piperidine rings is 1. The van der Waals surface area contributed by atoms with Gasteiger partial charge >= 0.3 is 5.97 Å². The van der Waals surface area contributed by atoms with Crippen LogP contribution < -0.4 is 4.90 Å². The first-order valence-corrected chi connectivity index (χ1v) is 10.8. The van der Waals surface area contributed by atoms with E-state index >= 15 is 0 Å². The fraction of sp³-hybridized carbons (Fsp3) is 0.346. The van der Waals surface area contributed by atoms with E-state index in [4.69, 9.17) is 4.74 Å². The van der Waals surface area contributed by atoms with Crippen LogP contribution in [-0.4, -0.2) is 50.6 Å². The Hall–Kier alpha value is -3.59. The highest BCUT2D eigenvalue weighted by molar-refractivity contribution is 5.98. The molecule has 0 atom stereocenters. The van der Waals surface area contributed by atoms with E-state index in [9.17, 15) is 14.9 Å². The molecule has 6 heteroatoms. The number of hydrogen-bond acceptors (Lipinski definition) is 5. The largest absolute Gasteiger partial charge is 0.451 e. The number of rotatable bonds is 7. The molecule has 1 aliphatic rings. The quantitative estimate of drug-likeness (QED) is 0.380. The molecule has 0 unspecified atom stereocenters. The summed E-state index contributed by atoms with van der Waals surface area (Å²) >= 11 is 0. The first-order chi connectivity index (χ1) is 15.5. The number of hydrogen-bond donors (Lipinski definition) is 0. The minimum absolute atomic E-state index is 0.128. The van der Waals surface area contributed by atoms with E-state index in [-0.39, 0.29) is 18.1 Å². The Balaban J connectivity index is 1.47. The van der Waals surface area contributed by atoms with Crippen LogP contribution in [0.3, 0.4) is 0 Å². The van der Waals surface area contributed by atoms with Gasteiger partial charge in [0, 0.05) is 32.9 Å². The van der Waals surface area contributed by atoms with Crippen LogP contribution in [-0.2, 0) is 20.7 Å². The normalized spacial score (nSPS) is 14.5. The molecule has 1 heterocycles. The fourth-order valence-electron chi connectivity index (χ4n) is 3.80. The van der Waals surface area contributed by atoms with Crippen molar-refractivity contribution in [2.75, 3.05) is 38.7 Å². The third-order valence-electron chi connectivity index (χ3n) is 5.72. The number of nitrogens with zero attached hydrogens (tertiary/aromatic N) is 3. The van der Waals surface area contributed by atoms with Crippen LogP contribution in [0.4, 0.5) is 5.69 Å². The van der Waals surface area contributed by atoms with E-state index in [1.807, 2.05) is 67.5 Å². The molecule has 0 radical (unpaired) electrons. The molecule has 0 N–H and O–H groups in total. The van der Waals surface area contributed by atoms with Gasteiger partial charge in [0.25, 0.3) is 5.91 Å². The van der Waals surface area contributed by atoms with Gasteiger partial charge in [-0.1, -0.05) is 42.5 Å². The molecule has 0 aromatic heterocycles. The summed E-state index contributed by atoms with van der Waals surface area (Å²) in [4.78, 5) is 28.5. The Morgan fingerprint density at radius 2 is 1.75 bits per heavy atom. The molecule has 6 nitrogen and oxygen atoms in total. The predicted molar refractivity (Wildman–Crippen MR) is 125 cm³/mol. The molecule has 2 aromatic rings. The standard InChI is InChI=1S/C26H29N3O3/c1-28(2)24-10-8-21(9-11-24)17-23(18-27)26(31)32-19-25(30)29-14-12-22(13-15-29)16-20-6-4-3-5-7-20/h3-11,17,22H,12-16,19H2,1-2H3. The molecule has 1 aliphatic heterocycles. The molecule has 3 rings (SSSR count). The monoisotopic (exact) mass is 431 g/mol. The molecule has 0 spiro atoms. The Morgan fingerprint density at radius 1 is 1.09 bits per heavy atom. The number of ether oxygens (including phenoxy) is 1. The topological polar surface area (TPSA) is 73.6 Å². The van der Waals surface area contributed by atoms with E-state index in [1.54, 1.807) is 4.90 Å². The minimum atomic E-state index is -0.781. The lowest BCUT2D eigenvalue weighted by Crippen LogP contribution is -2.41. The van der Waals surface area contributed by atoms with Crippen LogP contribution >= 0.6 is 0 Å². The van der Waals surface area contributed by atoms with Crippen molar-refractivity contribution < 1.29 is 14.3 Å². The number of benzene rings is 2. The summed E-state index contributed by atoms with van der Waals surface area (Å²) in [6, 6.07) is 19.7. The maximum absolute atomic E-state index is 12.5. The maximum Gasteiger partial charge on any atom is 0.349 e. The Bertz CT molecular complexity index is 983. The molecule has 2 aromatic carbocycles. The van der Waals surface area contributed by atoms with Gasteiger partial charge in [0.15, 0.2) is 6.61 Å². The highest BCUT2D eigenvalue weighted by Crippen LogP contribution is 2.22. The van der Waals surface area contributed by atoms with Crippen molar-refractivity contribution in [3.8, 4) is 6.07 Å². The summed E-state index contributed by atoms with van der Waals surface area (Å²) in [6.07, 6.45) is 4.35. The van der Waals surface area contributed by atoms with Crippen molar-refractivity contribution in [2.24, 2.45) is 5.92 Å². The first kappa shape index (κ1) is 23.1. The SMILES string of the molecule is CN(C)c1ccc(C=C(C#N)C(=O)OCC(=O)N2CCC(Cc3ccccc3)CC2)cc1. The van der Waals surface area contributed by atoms with Crippen LogP contribution in [0.2, 0.25) is 0 Å². The summed E-state index contributed by atoms with van der Waals surface area (Å²) in [5, 5.41) is 9.34. The average molecular weight is 432 g/mol. The molecule has 1 amide bonds. The summed E-state index contributed by atoms with van der Waals surface area (Å²) in [5.74, 6) is -0.448. The van der Waals surface area contributed by atoms with Gasteiger partial charge in [0.2, 0.25) is 0 Å². The third kappa shape index (κ3) is 6.45. The first-order valence-electron chi connectivity index (χ1n) is 10.8. The van der Waals surface area contributed by atoms with Gasteiger partial charge in [0.1, 0.15) is 11.6 Å². The van der Waals surface area contributed by atoms with Crippen LogP contribution in [0, 0.1) is 17.2 Å². The second kappa shape index (κ2) is 11.1. The number of carbonyl (C=O) groups is 2. The molecular weight excluding hydrogens is 402 g/mol. The molecular formula is C26H29N3O3. The lowest BCUT2D eigenvalue weighted by molar-refractivity contribution is -0.149. The maximum atomic E-state index is 12.5. The second-order valence-electron chi connectivity index (χ2n) is 8.25. The van der Waals surface area contributed by atoms with Gasteiger partial charge in [0.05, 0.1) is 0 Å². The van der Waals surface area contributed by atoms with Gasteiger partial charge in [-0.2, -0.15) is 5.26 Å². The van der Waals surface area contributed by atoms with Crippen molar-refractivity contribution >= 4 is 23.6 Å². The highest BCUT2D eigenvalue weighted by Gasteiger charge is 2.24. The Labute approximate surface area is 189 Å². The smallest absolute Gasteiger partial charge is 0.349 e. The van der Waals surface area contributed by atoms with Gasteiger partial charge in [-0.05, 0) is 54.5 Å². The van der Waals surface area contributed by atoms with E-state index in [0.717, 1.165) is 30.5 Å². The van der Waals surface area contributed by atoms with Crippen molar-refractivity contribution in [2.45, 2.75) is 19.3 Å². The number of anilines is 1. The Morgan fingerprint density at radius 3 is 2.34 bits per heavy atom. The number of nitriles is 1. The minimum Gasteiger partial charge on any atom is -0.451 e. The predicted octanol–water partition coefficient (Wildman–Crippen LogP) is 3.68. The Kier molecular flexibility index (Phi) is 8.04. The van der Waals surface area contributed by atoms with Gasteiger partial charge in [-0.3, -0.25) is 4.79 Å². The number of carbonyl (C=O) groups excluding carboxylic acids is 2. The van der Waals surface area contributed by atoms with Crippen molar-refractivity contribution in [1.29, 1.82) is 5.26 Å². The molecule has 166 valence electrons. The number of amides is 1. The van der Waals surface area contributed by atoms with E-state index in [2.05, 4.69) is 12.1 Å². The summed E-state index contributed by atoms with van der Waals surface area (Å²) in [6.45, 7) is 0.973. The van der Waals surface area contributed by atoms with Crippen LogP contribution in [0.5, 0.6) is 0 Å². The van der Waals surface area contributed by atoms with Crippen molar-refractivity contribution in [1.82, 2.24) is 4.90 Å². The molecule has 1 fully saturated rings. The zero-order valence-corrected chi connectivity index (χ0v) is 18.7. The summed E-state index contributed by atoms with van der Waals surface area (Å²) in [5.41, 5.74) is 2.92. The molecule has 0 saturated carbocycles. The third-order valence-corrected chi connectivity index (χ3v) is 5.72. The van der Waals surface area contributed by atoms with Gasteiger partial charge in [-0.25, -0.2) is 4.79 Å².